The molecule has 1 aromatic rings. The lowest BCUT2D eigenvalue weighted by Crippen LogP contribution is -2.15. The molecule has 0 spiro atoms. The minimum Gasteiger partial charge on any atom is -0.409 e. The molecule has 0 aliphatic carbocycles. The average molecular weight is 239 g/mol. The van der Waals surface area contributed by atoms with Crippen LogP contribution in [0.4, 0.5) is 0 Å². The van der Waals surface area contributed by atoms with E-state index in [4.69, 9.17) is 10.9 Å². The van der Waals surface area contributed by atoms with Crippen molar-refractivity contribution in [3.8, 4) is 0 Å². The third-order valence-corrected chi connectivity index (χ3v) is 3.57. The molecular weight excluding hydrogens is 222 g/mol. The minimum atomic E-state index is 0.0472. The van der Waals surface area contributed by atoms with Crippen molar-refractivity contribution in [2.75, 3.05) is 5.75 Å². The first-order chi connectivity index (χ1) is 7.67. The van der Waals surface area contributed by atoms with Gasteiger partial charge in [0.15, 0.2) is 5.84 Å². The van der Waals surface area contributed by atoms with Crippen LogP contribution in [0, 0.1) is 5.92 Å². The molecule has 0 saturated carbocycles. The molecule has 16 heavy (non-hydrogen) atoms. The van der Waals surface area contributed by atoms with E-state index < -0.39 is 0 Å². The number of nitrogens with two attached hydrogens (primary N) is 1. The molecule has 1 rings (SSSR count). The van der Waals surface area contributed by atoms with Crippen LogP contribution in [0.15, 0.2) is 28.4 Å². The van der Waals surface area contributed by atoms with Crippen molar-refractivity contribution in [1.82, 2.24) is 4.98 Å². The van der Waals surface area contributed by atoms with Crippen LogP contribution in [0.5, 0.6) is 0 Å². The molecule has 88 valence electrons. The Kier molecular flexibility index (Phi) is 5.11. The summed E-state index contributed by atoms with van der Waals surface area (Å²) in [4.78, 5) is 4.30. The summed E-state index contributed by atoms with van der Waals surface area (Å²) >= 11 is 1.69. The highest BCUT2D eigenvalue weighted by Crippen LogP contribution is 2.19. The number of oxime groups is 1. The molecular formula is C11H17N3OS. The number of hydrogen-bond donors (Lipinski definition) is 2. The van der Waals surface area contributed by atoms with E-state index in [1.165, 1.54) is 0 Å². The Morgan fingerprint density at radius 1 is 1.62 bits per heavy atom. The first-order valence-electron chi connectivity index (χ1n) is 5.25. The maximum absolute atomic E-state index is 8.55. The SMILES string of the molecule is CCC(C)CSc1cccc(/C(N)=N/O)n1. The van der Waals surface area contributed by atoms with E-state index >= 15 is 0 Å². The van der Waals surface area contributed by atoms with Crippen molar-refractivity contribution < 1.29 is 5.21 Å². The van der Waals surface area contributed by atoms with Crippen LogP contribution in [0.2, 0.25) is 0 Å². The second-order valence-corrected chi connectivity index (χ2v) is 4.71. The molecule has 3 N–H and O–H groups in total. The Morgan fingerprint density at radius 2 is 2.38 bits per heavy atom. The van der Waals surface area contributed by atoms with Crippen LogP contribution < -0.4 is 5.73 Å². The largest absolute Gasteiger partial charge is 0.409 e. The van der Waals surface area contributed by atoms with Gasteiger partial charge in [-0.05, 0) is 18.1 Å². The van der Waals surface area contributed by atoms with Crippen molar-refractivity contribution in [3.63, 3.8) is 0 Å². The van der Waals surface area contributed by atoms with Crippen LogP contribution in [0.25, 0.3) is 0 Å². The number of rotatable bonds is 5. The standard InChI is InChI=1S/C11H17N3OS/c1-3-8(2)7-16-10-6-4-5-9(13-10)11(12)14-15/h4-6,8,15H,3,7H2,1-2H3,(H2,12,14). The molecule has 0 aromatic carbocycles. The zero-order valence-corrected chi connectivity index (χ0v) is 10.4. The second-order valence-electron chi connectivity index (χ2n) is 3.67. The molecule has 0 aliphatic heterocycles. The van der Waals surface area contributed by atoms with Gasteiger partial charge in [0.2, 0.25) is 0 Å². The summed E-state index contributed by atoms with van der Waals surface area (Å²) in [5, 5.41) is 12.4. The highest BCUT2D eigenvalue weighted by atomic mass is 32.2. The van der Waals surface area contributed by atoms with Crippen LogP contribution in [-0.4, -0.2) is 21.8 Å². The highest BCUT2D eigenvalue weighted by Gasteiger charge is 2.04. The molecule has 0 aliphatic rings. The topological polar surface area (TPSA) is 71.5 Å². The summed E-state index contributed by atoms with van der Waals surface area (Å²) < 4.78 is 0. The molecule has 1 aromatic heterocycles. The molecule has 1 heterocycles. The summed E-state index contributed by atoms with van der Waals surface area (Å²) in [6, 6.07) is 5.52. The van der Waals surface area contributed by atoms with Gasteiger partial charge in [-0.2, -0.15) is 0 Å². The molecule has 5 heteroatoms. The fraction of sp³-hybridized carbons (Fsp3) is 0.455. The maximum atomic E-state index is 8.55. The van der Waals surface area contributed by atoms with Crippen molar-refractivity contribution in [1.29, 1.82) is 0 Å². The number of nitrogens with zero attached hydrogens (tertiary/aromatic N) is 2. The highest BCUT2D eigenvalue weighted by molar-refractivity contribution is 7.99. The van der Waals surface area contributed by atoms with Gasteiger partial charge in [-0.1, -0.05) is 31.5 Å². The molecule has 1 atom stereocenters. The molecule has 0 amide bonds. The summed E-state index contributed by atoms with van der Waals surface area (Å²) in [7, 11) is 0. The first-order valence-corrected chi connectivity index (χ1v) is 6.23. The molecule has 0 saturated heterocycles. The van der Waals surface area contributed by atoms with Crippen molar-refractivity contribution >= 4 is 17.6 Å². The van der Waals surface area contributed by atoms with Gasteiger partial charge in [-0.3, -0.25) is 0 Å². The van der Waals surface area contributed by atoms with Crippen LogP contribution in [0.1, 0.15) is 26.0 Å². The van der Waals surface area contributed by atoms with Gasteiger partial charge in [0, 0.05) is 5.75 Å². The Morgan fingerprint density at radius 3 is 3.00 bits per heavy atom. The average Bonchev–Trinajstić information content (AvgIpc) is 2.35. The minimum absolute atomic E-state index is 0.0472. The third-order valence-electron chi connectivity index (χ3n) is 2.31. The van der Waals surface area contributed by atoms with Gasteiger partial charge < -0.3 is 10.9 Å². The zero-order valence-electron chi connectivity index (χ0n) is 9.55. The lowest BCUT2D eigenvalue weighted by Gasteiger charge is -2.07. The van der Waals surface area contributed by atoms with Crippen LogP contribution in [0.3, 0.4) is 0 Å². The Labute approximate surface area is 99.9 Å². The first kappa shape index (κ1) is 12.8. The van der Waals surface area contributed by atoms with Gasteiger partial charge in [-0.15, -0.1) is 11.8 Å². The summed E-state index contributed by atoms with van der Waals surface area (Å²) in [6.07, 6.45) is 1.16. The molecule has 0 radical (unpaired) electrons. The van der Waals surface area contributed by atoms with E-state index in [1.807, 2.05) is 12.1 Å². The van der Waals surface area contributed by atoms with Crippen LogP contribution in [-0.2, 0) is 0 Å². The Hall–Kier alpha value is -1.23. The molecule has 1 unspecified atom stereocenters. The summed E-state index contributed by atoms with van der Waals surface area (Å²) in [5.74, 6) is 1.74. The van der Waals surface area contributed by atoms with E-state index in [2.05, 4.69) is 24.0 Å². The number of pyridine rings is 1. The fourth-order valence-corrected chi connectivity index (χ4v) is 2.06. The van der Waals surface area contributed by atoms with Gasteiger partial charge in [0.05, 0.1) is 5.03 Å². The normalized spacial score (nSPS) is 13.8. The lowest BCUT2D eigenvalue weighted by atomic mass is 10.2. The molecule has 0 bridgehead atoms. The number of aromatic nitrogens is 1. The fourth-order valence-electron chi connectivity index (χ4n) is 1.03. The maximum Gasteiger partial charge on any atom is 0.188 e. The quantitative estimate of drug-likeness (QED) is 0.272. The van der Waals surface area contributed by atoms with Gasteiger partial charge in [-0.25, -0.2) is 4.98 Å². The van der Waals surface area contributed by atoms with Crippen LogP contribution >= 0.6 is 11.8 Å². The van der Waals surface area contributed by atoms with Gasteiger partial charge in [0.1, 0.15) is 5.69 Å². The third kappa shape index (κ3) is 3.73. The smallest absolute Gasteiger partial charge is 0.188 e. The Balaban J connectivity index is 2.68. The molecule has 4 nitrogen and oxygen atoms in total. The monoisotopic (exact) mass is 239 g/mol. The van der Waals surface area contributed by atoms with Gasteiger partial charge >= 0.3 is 0 Å². The van der Waals surface area contributed by atoms with E-state index in [-0.39, 0.29) is 5.84 Å². The van der Waals surface area contributed by atoms with E-state index in [0.29, 0.717) is 11.6 Å². The molecule has 0 fully saturated rings. The van der Waals surface area contributed by atoms with E-state index in [0.717, 1.165) is 17.2 Å². The number of thioether (sulfide) groups is 1. The van der Waals surface area contributed by atoms with Crippen molar-refractivity contribution in [3.05, 3.63) is 23.9 Å². The van der Waals surface area contributed by atoms with E-state index in [9.17, 15) is 0 Å². The summed E-state index contributed by atoms with van der Waals surface area (Å²) in [5.41, 5.74) is 5.98. The summed E-state index contributed by atoms with van der Waals surface area (Å²) in [6.45, 7) is 4.38. The number of hydrogen-bond acceptors (Lipinski definition) is 4. The lowest BCUT2D eigenvalue weighted by molar-refractivity contribution is 0.318. The Bertz CT molecular complexity index is 368. The van der Waals surface area contributed by atoms with E-state index in [1.54, 1.807) is 17.8 Å². The second kappa shape index (κ2) is 6.37. The van der Waals surface area contributed by atoms with Crippen molar-refractivity contribution in [2.24, 2.45) is 16.8 Å². The van der Waals surface area contributed by atoms with Crippen molar-refractivity contribution in [2.45, 2.75) is 25.3 Å². The van der Waals surface area contributed by atoms with Gasteiger partial charge in [0.25, 0.3) is 0 Å². The predicted octanol–water partition coefficient (Wildman–Crippen LogP) is 2.31. The predicted molar refractivity (Wildman–Crippen MR) is 66.9 cm³/mol. The zero-order chi connectivity index (χ0) is 12.0. The number of amidine groups is 1.